The Morgan fingerprint density at radius 3 is 2.43 bits per heavy atom. The molecule has 1 aromatic heterocycles. The highest BCUT2D eigenvalue weighted by atomic mass is 32.2. The highest BCUT2D eigenvalue weighted by molar-refractivity contribution is 8.14. The minimum Gasteiger partial charge on any atom is -0.349 e. The van der Waals surface area contributed by atoms with Gasteiger partial charge < -0.3 is 10.2 Å². The molecule has 0 spiro atoms. The number of nitrogens with zero attached hydrogens (tertiary/aromatic N) is 2. The van der Waals surface area contributed by atoms with Crippen molar-refractivity contribution in [3.05, 3.63) is 66.0 Å². The van der Waals surface area contributed by atoms with Gasteiger partial charge in [-0.15, -0.1) is 0 Å². The highest BCUT2D eigenvalue weighted by Gasteiger charge is 2.39. The molecule has 0 unspecified atom stereocenters. The van der Waals surface area contributed by atoms with E-state index in [1.54, 1.807) is 29.3 Å². The van der Waals surface area contributed by atoms with Gasteiger partial charge in [-0.05, 0) is 38.5 Å². The number of pyridine rings is 1. The van der Waals surface area contributed by atoms with Crippen LogP contribution in [0.1, 0.15) is 44.5 Å². The molecule has 0 aliphatic carbocycles. The fourth-order valence-corrected chi connectivity index (χ4v) is 4.36. The van der Waals surface area contributed by atoms with Gasteiger partial charge in [0.15, 0.2) is 11.2 Å². The van der Waals surface area contributed by atoms with E-state index >= 15 is 0 Å². The number of amides is 2. The van der Waals surface area contributed by atoms with Crippen LogP contribution in [-0.2, 0) is 20.9 Å². The van der Waals surface area contributed by atoms with Crippen molar-refractivity contribution in [3.8, 4) is 0 Å². The van der Waals surface area contributed by atoms with E-state index in [9.17, 15) is 14.4 Å². The fraction of sp³-hybridized carbons (Fsp3) is 0.391. The first kappa shape index (κ1) is 22.0. The molecule has 0 saturated carbocycles. The van der Waals surface area contributed by atoms with E-state index in [-0.39, 0.29) is 29.9 Å². The molecule has 158 valence electrons. The molecule has 3 rings (SSSR count). The summed E-state index contributed by atoms with van der Waals surface area (Å²) >= 11 is 1.18. The van der Waals surface area contributed by atoms with Crippen molar-refractivity contribution in [2.24, 2.45) is 5.92 Å². The summed E-state index contributed by atoms with van der Waals surface area (Å²) in [6.45, 7) is 5.95. The lowest BCUT2D eigenvalue weighted by Crippen LogP contribution is -2.50. The van der Waals surface area contributed by atoms with Gasteiger partial charge in [0.2, 0.25) is 11.8 Å². The van der Waals surface area contributed by atoms with Gasteiger partial charge in [-0.2, -0.15) is 0 Å². The van der Waals surface area contributed by atoms with E-state index in [1.165, 1.54) is 11.8 Å². The first-order valence-corrected chi connectivity index (χ1v) is 11.0. The van der Waals surface area contributed by atoms with Gasteiger partial charge in [0.25, 0.3) is 0 Å². The summed E-state index contributed by atoms with van der Waals surface area (Å²) in [5.74, 6) is -0.474. The van der Waals surface area contributed by atoms with Gasteiger partial charge in [-0.3, -0.25) is 19.4 Å². The zero-order valence-corrected chi connectivity index (χ0v) is 18.3. The minimum absolute atomic E-state index is 0.0153. The van der Waals surface area contributed by atoms with Crippen LogP contribution in [0.15, 0.2) is 54.7 Å². The standard InChI is InChI=1S/C23H27N3O3S/c1-23(2,3)25-21(28)20(18-11-7-8-12-24-18)26(14-16-9-5-4-6-10-16)22(29)17-13-19(27)30-15-17/h4-12,17,20H,13-15H2,1-3H3,(H,25,28)/t17-,20+/m1/s1. The molecule has 2 aromatic rings. The Balaban J connectivity index is 2.01. The van der Waals surface area contributed by atoms with E-state index in [0.29, 0.717) is 11.4 Å². The van der Waals surface area contributed by atoms with Crippen LogP contribution in [0.5, 0.6) is 0 Å². The highest BCUT2D eigenvalue weighted by Crippen LogP contribution is 2.31. The van der Waals surface area contributed by atoms with Crippen molar-refractivity contribution in [1.82, 2.24) is 15.2 Å². The lowest BCUT2D eigenvalue weighted by atomic mass is 10.0. The molecule has 6 nitrogen and oxygen atoms in total. The average Bonchev–Trinajstić information content (AvgIpc) is 3.13. The number of thioether (sulfide) groups is 1. The second kappa shape index (κ2) is 9.43. The van der Waals surface area contributed by atoms with E-state index in [0.717, 1.165) is 5.56 Å². The SMILES string of the molecule is CC(C)(C)NC(=O)[C@H](c1ccccn1)N(Cc1ccccc1)C(=O)[C@H]1CSC(=O)C1. The number of hydrogen-bond acceptors (Lipinski definition) is 5. The van der Waals surface area contributed by atoms with Gasteiger partial charge >= 0.3 is 0 Å². The van der Waals surface area contributed by atoms with Crippen LogP contribution in [0.2, 0.25) is 0 Å². The summed E-state index contributed by atoms with van der Waals surface area (Å²) in [6.07, 6.45) is 1.82. The van der Waals surface area contributed by atoms with Gasteiger partial charge in [0.05, 0.1) is 11.6 Å². The molecular weight excluding hydrogens is 398 g/mol. The van der Waals surface area contributed by atoms with Crippen LogP contribution in [-0.4, -0.2) is 38.1 Å². The Labute approximate surface area is 181 Å². The number of carbonyl (C=O) groups excluding carboxylic acids is 3. The number of nitrogens with one attached hydrogen (secondary N) is 1. The number of rotatable bonds is 6. The molecule has 30 heavy (non-hydrogen) atoms. The Bertz CT molecular complexity index is 897. The third-order valence-corrected chi connectivity index (χ3v) is 5.77. The van der Waals surface area contributed by atoms with E-state index < -0.39 is 17.5 Å². The van der Waals surface area contributed by atoms with Crippen molar-refractivity contribution in [2.75, 3.05) is 5.75 Å². The van der Waals surface area contributed by atoms with Crippen LogP contribution in [0.25, 0.3) is 0 Å². The molecule has 1 aliphatic rings. The Morgan fingerprint density at radius 2 is 1.87 bits per heavy atom. The average molecular weight is 426 g/mol. The van der Waals surface area contributed by atoms with Crippen molar-refractivity contribution in [1.29, 1.82) is 0 Å². The summed E-state index contributed by atoms with van der Waals surface area (Å²) in [5.41, 5.74) is 0.943. The quantitative estimate of drug-likeness (QED) is 0.768. The molecule has 7 heteroatoms. The molecule has 1 N–H and O–H groups in total. The van der Waals surface area contributed by atoms with Gasteiger partial charge in [-0.25, -0.2) is 0 Å². The third kappa shape index (κ3) is 5.69. The lowest BCUT2D eigenvalue weighted by Gasteiger charge is -2.34. The van der Waals surface area contributed by atoms with Crippen LogP contribution >= 0.6 is 11.8 Å². The molecule has 1 aliphatic heterocycles. The summed E-state index contributed by atoms with van der Waals surface area (Å²) in [7, 11) is 0. The topological polar surface area (TPSA) is 79.4 Å². The predicted octanol–water partition coefficient (Wildman–Crippen LogP) is 3.35. The molecule has 0 bridgehead atoms. The maximum Gasteiger partial charge on any atom is 0.249 e. The van der Waals surface area contributed by atoms with Gasteiger partial charge in [-0.1, -0.05) is 48.2 Å². The number of carbonyl (C=O) groups is 3. The number of benzene rings is 1. The van der Waals surface area contributed by atoms with Gasteiger partial charge in [0.1, 0.15) is 0 Å². The van der Waals surface area contributed by atoms with Crippen LogP contribution in [0.3, 0.4) is 0 Å². The molecule has 1 aromatic carbocycles. The maximum atomic E-state index is 13.5. The number of hydrogen-bond donors (Lipinski definition) is 1. The van der Waals surface area contributed by atoms with Crippen molar-refractivity contribution >= 4 is 28.7 Å². The first-order valence-electron chi connectivity index (χ1n) is 9.97. The third-order valence-electron chi connectivity index (χ3n) is 4.71. The van der Waals surface area contributed by atoms with Crippen LogP contribution < -0.4 is 5.32 Å². The predicted molar refractivity (Wildman–Crippen MR) is 117 cm³/mol. The first-order chi connectivity index (χ1) is 14.2. The maximum absolute atomic E-state index is 13.5. The molecule has 1 fully saturated rings. The van der Waals surface area contributed by atoms with Gasteiger partial charge in [0, 0.05) is 30.5 Å². The lowest BCUT2D eigenvalue weighted by molar-refractivity contribution is -0.145. The molecule has 0 radical (unpaired) electrons. The Morgan fingerprint density at radius 1 is 1.17 bits per heavy atom. The zero-order valence-electron chi connectivity index (χ0n) is 17.5. The fourth-order valence-electron chi connectivity index (χ4n) is 3.39. The largest absolute Gasteiger partial charge is 0.349 e. The van der Waals surface area contributed by atoms with Crippen molar-refractivity contribution in [3.63, 3.8) is 0 Å². The molecule has 2 atom stereocenters. The Kier molecular flexibility index (Phi) is 6.92. The molecule has 2 amide bonds. The minimum atomic E-state index is -0.890. The second-order valence-electron chi connectivity index (χ2n) is 8.43. The summed E-state index contributed by atoms with van der Waals surface area (Å²) in [6, 6.07) is 14.0. The van der Waals surface area contributed by atoms with E-state index in [4.69, 9.17) is 0 Å². The number of aromatic nitrogens is 1. The second-order valence-corrected chi connectivity index (χ2v) is 9.51. The monoisotopic (exact) mass is 425 g/mol. The normalized spacial score (nSPS) is 17.4. The summed E-state index contributed by atoms with van der Waals surface area (Å²) in [4.78, 5) is 44.7. The van der Waals surface area contributed by atoms with E-state index in [2.05, 4.69) is 10.3 Å². The van der Waals surface area contributed by atoms with E-state index in [1.807, 2.05) is 51.1 Å². The van der Waals surface area contributed by atoms with Crippen LogP contribution in [0.4, 0.5) is 0 Å². The molecule has 2 heterocycles. The summed E-state index contributed by atoms with van der Waals surface area (Å²) in [5, 5.41) is 3.01. The zero-order chi connectivity index (χ0) is 21.7. The van der Waals surface area contributed by atoms with Crippen LogP contribution in [0, 0.1) is 5.92 Å². The molecular formula is C23H27N3O3S. The van der Waals surface area contributed by atoms with Crippen molar-refractivity contribution in [2.45, 2.75) is 45.3 Å². The smallest absolute Gasteiger partial charge is 0.249 e. The van der Waals surface area contributed by atoms with Crippen molar-refractivity contribution < 1.29 is 14.4 Å². The summed E-state index contributed by atoms with van der Waals surface area (Å²) < 4.78 is 0. The Hall–Kier alpha value is -2.67. The molecule has 1 saturated heterocycles.